The van der Waals surface area contributed by atoms with E-state index >= 15 is 0 Å². The fourth-order valence-corrected chi connectivity index (χ4v) is 2.70. The van der Waals surface area contributed by atoms with Gasteiger partial charge in [0.15, 0.2) is 0 Å². The van der Waals surface area contributed by atoms with Crippen LogP contribution in [0.15, 0.2) is 30.3 Å². The van der Waals surface area contributed by atoms with E-state index in [4.69, 9.17) is 28.9 Å². The summed E-state index contributed by atoms with van der Waals surface area (Å²) in [7, 11) is 1.65. The fourth-order valence-electron chi connectivity index (χ4n) is 1.51. The van der Waals surface area contributed by atoms with Crippen LogP contribution in [0.4, 0.5) is 11.4 Å². The van der Waals surface area contributed by atoms with Crippen molar-refractivity contribution in [2.75, 3.05) is 17.7 Å². The number of hydrogen-bond donors (Lipinski definition) is 1. The van der Waals surface area contributed by atoms with Crippen LogP contribution in [-0.2, 0) is 0 Å². The number of carbonyl (C=O) groups is 1. The molecule has 0 bridgehead atoms. The van der Waals surface area contributed by atoms with Gasteiger partial charge < -0.3 is 10.6 Å². The van der Waals surface area contributed by atoms with Crippen LogP contribution in [0.5, 0.6) is 0 Å². The SMILES string of the molecule is CN(C(=O)c1ccc(Cl)s1)c1cc(Cl)ccc1N. The highest BCUT2D eigenvalue weighted by molar-refractivity contribution is 7.18. The number of nitrogens with zero attached hydrogens (tertiary/aromatic N) is 1. The van der Waals surface area contributed by atoms with Crippen LogP contribution in [0, 0.1) is 0 Å². The molecule has 0 aliphatic rings. The van der Waals surface area contributed by atoms with Gasteiger partial charge in [-0.3, -0.25) is 4.79 Å². The standard InChI is InChI=1S/C12H10Cl2N2OS/c1-16(9-6-7(13)2-3-8(9)15)12(17)10-4-5-11(14)18-10/h2-6H,15H2,1H3. The maximum Gasteiger partial charge on any atom is 0.268 e. The molecule has 0 fully saturated rings. The van der Waals surface area contributed by atoms with E-state index in [1.165, 1.54) is 16.2 Å². The first-order valence-electron chi connectivity index (χ1n) is 5.07. The molecular weight excluding hydrogens is 291 g/mol. The zero-order valence-electron chi connectivity index (χ0n) is 9.48. The minimum Gasteiger partial charge on any atom is -0.397 e. The molecule has 0 aliphatic heterocycles. The lowest BCUT2D eigenvalue weighted by Crippen LogP contribution is -2.26. The molecule has 0 radical (unpaired) electrons. The number of hydrogen-bond acceptors (Lipinski definition) is 3. The highest BCUT2D eigenvalue weighted by Crippen LogP contribution is 2.29. The van der Waals surface area contributed by atoms with Gasteiger partial charge in [-0.05, 0) is 30.3 Å². The van der Waals surface area contributed by atoms with E-state index in [2.05, 4.69) is 0 Å². The maximum atomic E-state index is 12.2. The van der Waals surface area contributed by atoms with Crippen molar-refractivity contribution in [3.05, 3.63) is 44.6 Å². The summed E-state index contributed by atoms with van der Waals surface area (Å²) in [5, 5.41) is 0.531. The summed E-state index contributed by atoms with van der Waals surface area (Å²) < 4.78 is 0.575. The van der Waals surface area contributed by atoms with Crippen molar-refractivity contribution in [2.24, 2.45) is 0 Å². The van der Waals surface area contributed by atoms with E-state index in [0.29, 0.717) is 25.6 Å². The van der Waals surface area contributed by atoms with Gasteiger partial charge in [-0.15, -0.1) is 11.3 Å². The number of rotatable bonds is 2. The topological polar surface area (TPSA) is 46.3 Å². The zero-order chi connectivity index (χ0) is 13.3. The normalized spacial score (nSPS) is 10.4. The van der Waals surface area contributed by atoms with E-state index in [0.717, 1.165) is 0 Å². The second-order valence-corrected chi connectivity index (χ2v) is 5.82. The Morgan fingerprint density at radius 1 is 1.28 bits per heavy atom. The van der Waals surface area contributed by atoms with Crippen LogP contribution < -0.4 is 10.6 Å². The molecule has 0 aliphatic carbocycles. The molecule has 1 heterocycles. The second kappa shape index (κ2) is 5.18. The third-order valence-electron chi connectivity index (χ3n) is 2.44. The van der Waals surface area contributed by atoms with Gasteiger partial charge in [0, 0.05) is 12.1 Å². The van der Waals surface area contributed by atoms with Crippen molar-refractivity contribution in [3.8, 4) is 0 Å². The Balaban J connectivity index is 2.33. The molecule has 0 spiro atoms. The van der Waals surface area contributed by atoms with Gasteiger partial charge in [-0.25, -0.2) is 0 Å². The van der Waals surface area contributed by atoms with Crippen LogP contribution in [0.25, 0.3) is 0 Å². The third kappa shape index (κ3) is 2.61. The minimum absolute atomic E-state index is 0.166. The zero-order valence-corrected chi connectivity index (χ0v) is 11.8. The Labute approximate surface area is 119 Å². The fraction of sp³-hybridized carbons (Fsp3) is 0.0833. The molecular formula is C12H10Cl2N2OS. The molecule has 1 aromatic heterocycles. The molecule has 1 amide bonds. The molecule has 94 valence electrons. The van der Waals surface area contributed by atoms with Crippen LogP contribution >= 0.6 is 34.5 Å². The summed E-state index contributed by atoms with van der Waals surface area (Å²) in [5.74, 6) is -0.166. The Morgan fingerprint density at radius 3 is 2.61 bits per heavy atom. The van der Waals surface area contributed by atoms with Crippen molar-refractivity contribution in [3.63, 3.8) is 0 Å². The second-order valence-electron chi connectivity index (χ2n) is 3.67. The molecule has 3 nitrogen and oxygen atoms in total. The van der Waals surface area contributed by atoms with E-state index in [-0.39, 0.29) is 5.91 Å². The van der Waals surface area contributed by atoms with E-state index in [1.807, 2.05) is 0 Å². The minimum atomic E-state index is -0.166. The van der Waals surface area contributed by atoms with Crippen LogP contribution in [-0.4, -0.2) is 13.0 Å². The monoisotopic (exact) mass is 300 g/mol. The summed E-state index contributed by atoms with van der Waals surface area (Å²) in [6.45, 7) is 0. The van der Waals surface area contributed by atoms with Crippen molar-refractivity contribution in [1.82, 2.24) is 0 Å². The lowest BCUT2D eigenvalue weighted by Gasteiger charge is -2.18. The quantitative estimate of drug-likeness (QED) is 0.855. The molecule has 2 rings (SSSR count). The predicted octanol–water partition coefficient (Wildman–Crippen LogP) is 3.91. The Bertz CT molecular complexity index is 598. The number of halogens is 2. The van der Waals surface area contributed by atoms with E-state index in [9.17, 15) is 4.79 Å². The third-order valence-corrected chi connectivity index (χ3v) is 3.90. The first kappa shape index (κ1) is 13.2. The smallest absolute Gasteiger partial charge is 0.268 e. The molecule has 0 unspecified atom stereocenters. The summed E-state index contributed by atoms with van der Waals surface area (Å²) in [5.41, 5.74) is 6.91. The summed E-state index contributed by atoms with van der Waals surface area (Å²) in [6.07, 6.45) is 0. The van der Waals surface area contributed by atoms with Crippen molar-refractivity contribution in [1.29, 1.82) is 0 Å². The van der Waals surface area contributed by atoms with Crippen molar-refractivity contribution >= 4 is 51.8 Å². The van der Waals surface area contributed by atoms with Gasteiger partial charge >= 0.3 is 0 Å². The highest BCUT2D eigenvalue weighted by Gasteiger charge is 2.17. The molecule has 2 N–H and O–H groups in total. The van der Waals surface area contributed by atoms with Crippen LogP contribution in [0.3, 0.4) is 0 Å². The summed E-state index contributed by atoms with van der Waals surface area (Å²) in [4.78, 5) is 14.2. The van der Waals surface area contributed by atoms with Gasteiger partial charge in [0.05, 0.1) is 20.6 Å². The Morgan fingerprint density at radius 2 is 2.00 bits per heavy atom. The lowest BCUT2D eigenvalue weighted by molar-refractivity contribution is 0.0997. The number of amides is 1. The lowest BCUT2D eigenvalue weighted by atomic mass is 10.2. The molecule has 0 saturated carbocycles. The number of anilines is 2. The Kier molecular flexibility index (Phi) is 3.80. The highest BCUT2D eigenvalue weighted by atomic mass is 35.5. The molecule has 6 heteroatoms. The molecule has 18 heavy (non-hydrogen) atoms. The predicted molar refractivity (Wildman–Crippen MR) is 77.9 cm³/mol. The van der Waals surface area contributed by atoms with Gasteiger partial charge in [0.2, 0.25) is 0 Å². The number of nitrogen functional groups attached to an aromatic ring is 1. The summed E-state index contributed by atoms with van der Waals surface area (Å²) in [6, 6.07) is 8.38. The first-order valence-corrected chi connectivity index (χ1v) is 6.64. The largest absolute Gasteiger partial charge is 0.397 e. The molecule has 0 saturated heterocycles. The first-order chi connectivity index (χ1) is 8.49. The van der Waals surface area contributed by atoms with E-state index < -0.39 is 0 Å². The number of carbonyl (C=O) groups excluding carboxylic acids is 1. The maximum absolute atomic E-state index is 12.2. The van der Waals surface area contributed by atoms with Gasteiger partial charge in [-0.2, -0.15) is 0 Å². The summed E-state index contributed by atoms with van der Waals surface area (Å²) >= 11 is 12.9. The van der Waals surface area contributed by atoms with Crippen LogP contribution in [0.2, 0.25) is 9.36 Å². The van der Waals surface area contributed by atoms with E-state index in [1.54, 1.807) is 37.4 Å². The molecule has 0 atom stereocenters. The van der Waals surface area contributed by atoms with Gasteiger partial charge in [0.1, 0.15) is 0 Å². The number of thiophene rings is 1. The average molecular weight is 301 g/mol. The van der Waals surface area contributed by atoms with Gasteiger partial charge in [-0.1, -0.05) is 23.2 Å². The van der Waals surface area contributed by atoms with Crippen molar-refractivity contribution < 1.29 is 4.79 Å². The van der Waals surface area contributed by atoms with Gasteiger partial charge in [0.25, 0.3) is 5.91 Å². The van der Waals surface area contributed by atoms with Crippen LogP contribution in [0.1, 0.15) is 9.67 Å². The van der Waals surface area contributed by atoms with Crippen molar-refractivity contribution in [2.45, 2.75) is 0 Å². The average Bonchev–Trinajstić information content (AvgIpc) is 2.77. The number of nitrogens with two attached hydrogens (primary N) is 1. The Hall–Kier alpha value is -1.23. The number of benzene rings is 1. The molecule has 2 aromatic rings. The molecule has 1 aromatic carbocycles.